The van der Waals surface area contributed by atoms with Crippen LogP contribution in [0, 0.1) is 0 Å². The zero-order valence-corrected chi connectivity index (χ0v) is 18.5. The number of amides is 2. The summed E-state index contributed by atoms with van der Waals surface area (Å²) in [4.78, 5) is 27.5. The molecule has 0 bridgehead atoms. The smallest absolute Gasteiger partial charge is 0.282 e. The number of benzene rings is 3. The van der Waals surface area contributed by atoms with Crippen molar-refractivity contribution in [1.82, 2.24) is 5.43 Å². The Bertz CT molecular complexity index is 1190. The molecule has 7 heteroatoms. The van der Waals surface area contributed by atoms with Crippen LogP contribution in [0.1, 0.15) is 11.1 Å². The maximum absolute atomic E-state index is 12.9. The summed E-state index contributed by atoms with van der Waals surface area (Å²) in [5.74, 6) is -0.343. The summed E-state index contributed by atoms with van der Waals surface area (Å²) in [6, 6.07) is 22.0. The molecule has 162 valence electrons. The fraction of sp³-hybridized carbons (Fsp3) is 0.120. The van der Waals surface area contributed by atoms with Gasteiger partial charge in [0.05, 0.1) is 5.69 Å². The second-order valence-corrected chi connectivity index (χ2v) is 7.88. The quantitative estimate of drug-likeness (QED) is 0.448. The van der Waals surface area contributed by atoms with E-state index in [1.54, 1.807) is 36.4 Å². The van der Waals surface area contributed by atoms with Crippen LogP contribution in [0.2, 0.25) is 5.02 Å². The van der Waals surface area contributed by atoms with Gasteiger partial charge in [-0.15, -0.1) is 0 Å². The molecular weight excluding hydrogens is 426 g/mol. The number of anilines is 2. The van der Waals surface area contributed by atoms with Gasteiger partial charge < -0.3 is 9.64 Å². The molecule has 0 spiro atoms. The number of hydrogen-bond donors (Lipinski definition) is 1. The maximum Gasteiger partial charge on any atom is 0.282 e. The van der Waals surface area contributed by atoms with Crippen LogP contribution in [-0.4, -0.2) is 25.9 Å². The molecule has 0 saturated carbocycles. The lowest BCUT2D eigenvalue weighted by molar-refractivity contribution is -0.117. The highest BCUT2D eigenvalue weighted by molar-refractivity contribution is 6.32. The third kappa shape index (κ3) is 4.45. The van der Waals surface area contributed by atoms with Gasteiger partial charge in [-0.1, -0.05) is 48.0 Å². The Morgan fingerprint density at radius 3 is 2.44 bits per heavy atom. The molecule has 1 fully saturated rings. The van der Waals surface area contributed by atoms with Crippen LogP contribution in [0.25, 0.3) is 6.08 Å². The summed E-state index contributed by atoms with van der Waals surface area (Å²) in [6.07, 6.45) is 1.56. The van der Waals surface area contributed by atoms with Gasteiger partial charge in [0.1, 0.15) is 17.9 Å². The average molecular weight is 448 g/mol. The molecule has 3 aromatic rings. The Hall–Kier alpha value is -3.77. The number of para-hydroxylation sites is 1. The standard InChI is InChI=1S/C25H22ClN3O3/c1-28(2)20-13-12-17(23(15-20)32-16-18-8-6-7-11-22(18)26)14-21-24(30)27-29(25(21)31)19-9-4-3-5-10-19/h3-15H,16H2,1-2H3,(H,27,30)/b21-14-. The van der Waals surface area contributed by atoms with Gasteiger partial charge in [-0.25, -0.2) is 5.01 Å². The van der Waals surface area contributed by atoms with E-state index in [1.165, 1.54) is 5.01 Å². The third-order valence-corrected chi connectivity index (χ3v) is 5.43. The van der Waals surface area contributed by atoms with E-state index in [2.05, 4.69) is 5.43 Å². The highest BCUT2D eigenvalue weighted by atomic mass is 35.5. The van der Waals surface area contributed by atoms with Gasteiger partial charge >= 0.3 is 0 Å². The van der Waals surface area contributed by atoms with Gasteiger partial charge in [-0.2, -0.15) is 0 Å². The minimum Gasteiger partial charge on any atom is -0.488 e. The minimum absolute atomic E-state index is 0.0362. The van der Waals surface area contributed by atoms with Gasteiger partial charge in [0.15, 0.2) is 0 Å². The van der Waals surface area contributed by atoms with Crippen molar-refractivity contribution in [3.8, 4) is 5.75 Å². The highest BCUT2D eigenvalue weighted by Crippen LogP contribution is 2.30. The zero-order valence-electron chi connectivity index (χ0n) is 17.7. The molecule has 2 amide bonds. The topological polar surface area (TPSA) is 61.9 Å². The number of nitrogens with zero attached hydrogens (tertiary/aromatic N) is 2. The Morgan fingerprint density at radius 2 is 1.72 bits per heavy atom. The minimum atomic E-state index is -0.465. The van der Waals surface area contributed by atoms with Gasteiger partial charge in [-0.05, 0) is 36.4 Å². The van der Waals surface area contributed by atoms with E-state index < -0.39 is 11.8 Å². The predicted molar refractivity (Wildman–Crippen MR) is 127 cm³/mol. The van der Waals surface area contributed by atoms with Crippen LogP contribution in [0.4, 0.5) is 11.4 Å². The first-order chi connectivity index (χ1) is 15.4. The van der Waals surface area contributed by atoms with Gasteiger partial charge in [0, 0.05) is 42.0 Å². The molecule has 1 saturated heterocycles. The molecule has 0 aromatic heterocycles. The lowest BCUT2D eigenvalue weighted by atomic mass is 10.1. The molecule has 4 rings (SSSR count). The van der Waals surface area contributed by atoms with Crippen LogP contribution in [0.15, 0.2) is 78.4 Å². The largest absolute Gasteiger partial charge is 0.488 e. The number of carbonyl (C=O) groups is 2. The molecule has 1 N–H and O–H groups in total. The van der Waals surface area contributed by atoms with E-state index in [4.69, 9.17) is 16.3 Å². The van der Waals surface area contributed by atoms with E-state index in [9.17, 15) is 9.59 Å². The number of hydrazine groups is 1. The van der Waals surface area contributed by atoms with Crippen molar-refractivity contribution in [2.24, 2.45) is 0 Å². The first-order valence-electron chi connectivity index (χ1n) is 10.0. The Morgan fingerprint density at radius 1 is 1.00 bits per heavy atom. The summed E-state index contributed by atoms with van der Waals surface area (Å²) in [5.41, 5.74) is 5.63. The number of ether oxygens (including phenoxy) is 1. The lowest BCUT2D eigenvalue weighted by Gasteiger charge is -2.17. The molecule has 0 unspecified atom stereocenters. The van der Waals surface area contributed by atoms with Crippen molar-refractivity contribution in [1.29, 1.82) is 0 Å². The fourth-order valence-corrected chi connectivity index (χ4v) is 3.48. The predicted octanol–water partition coefficient (Wildman–Crippen LogP) is 4.45. The van der Waals surface area contributed by atoms with Crippen molar-refractivity contribution >= 4 is 40.9 Å². The van der Waals surface area contributed by atoms with Crippen molar-refractivity contribution in [2.45, 2.75) is 6.61 Å². The summed E-state index contributed by atoms with van der Waals surface area (Å²) < 4.78 is 6.07. The van der Waals surface area contributed by atoms with E-state index in [1.807, 2.05) is 61.5 Å². The van der Waals surface area contributed by atoms with E-state index in [-0.39, 0.29) is 12.2 Å². The normalized spacial score (nSPS) is 14.6. The molecule has 0 atom stereocenters. The second-order valence-electron chi connectivity index (χ2n) is 7.47. The molecule has 1 aliphatic heterocycles. The zero-order chi connectivity index (χ0) is 22.7. The number of halogens is 1. The Balaban J connectivity index is 1.66. The highest BCUT2D eigenvalue weighted by Gasteiger charge is 2.34. The molecule has 6 nitrogen and oxygen atoms in total. The molecule has 0 aliphatic carbocycles. The van der Waals surface area contributed by atoms with E-state index in [0.29, 0.717) is 22.0 Å². The molecule has 1 aliphatic rings. The molecule has 3 aromatic carbocycles. The molecule has 32 heavy (non-hydrogen) atoms. The van der Waals surface area contributed by atoms with Gasteiger partial charge in [-0.3, -0.25) is 15.0 Å². The first kappa shape index (κ1) is 21.5. The monoisotopic (exact) mass is 447 g/mol. The van der Waals surface area contributed by atoms with Crippen LogP contribution in [0.3, 0.4) is 0 Å². The van der Waals surface area contributed by atoms with Crippen LogP contribution in [0.5, 0.6) is 5.75 Å². The number of carbonyl (C=O) groups excluding carboxylic acids is 2. The first-order valence-corrected chi connectivity index (χ1v) is 10.4. The fourth-order valence-electron chi connectivity index (χ4n) is 3.29. The van der Waals surface area contributed by atoms with Crippen molar-refractivity contribution < 1.29 is 14.3 Å². The molecule has 0 radical (unpaired) electrons. The van der Waals surface area contributed by atoms with Crippen LogP contribution in [-0.2, 0) is 16.2 Å². The average Bonchev–Trinajstić information content (AvgIpc) is 3.08. The SMILES string of the molecule is CN(C)c1ccc(/C=C2/C(=O)NN(c3ccccc3)C2=O)c(OCc2ccccc2Cl)c1. The van der Waals surface area contributed by atoms with Crippen LogP contribution >= 0.6 is 11.6 Å². The number of nitrogens with one attached hydrogen (secondary N) is 1. The Labute approximate surface area is 191 Å². The number of hydrogen-bond acceptors (Lipinski definition) is 4. The maximum atomic E-state index is 12.9. The molecule has 1 heterocycles. The second kappa shape index (κ2) is 9.16. The lowest BCUT2D eigenvalue weighted by Crippen LogP contribution is -2.35. The van der Waals surface area contributed by atoms with Crippen molar-refractivity contribution in [3.63, 3.8) is 0 Å². The summed E-state index contributed by atoms with van der Waals surface area (Å²) in [5, 5.41) is 1.85. The van der Waals surface area contributed by atoms with E-state index in [0.717, 1.165) is 11.3 Å². The summed E-state index contributed by atoms with van der Waals surface area (Å²) in [6.45, 7) is 0.253. The Kier molecular flexibility index (Phi) is 6.14. The summed E-state index contributed by atoms with van der Waals surface area (Å²) in [7, 11) is 3.86. The summed E-state index contributed by atoms with van der Waals surface area (Å²) >= 11 is 6.26. The van der Waals surface area contributed by atoms with Gasteiger partial charge in [0.25, 0.3) is 11.8 Å². The van der Waals surface area contributed by atoms with Gasteiger partial charge in [0.2, 0.25) is 0 Å². The van der Waals surface area contributed by atoms with Crippen molar-refractivity contribution in [3.05, 3.63) is 94.5 Å². The van der Waals surface area contributed by atoms with E-state index >= 15 is 0 Å². The number of rotatable bonds is 6. The molecular formula is C25H22ClN3O3. The third-order valence-electron chi connectivity index (χ3n) is 5.06. The van der Waals surface area contributed by atoms with Crippen LogP contribution < -0.4 is 20.1 Å². The van der Waals surface area contributed by atoms with Crippen molar-refractivity contribution in [2.75, 3.05) is 24.0 Å².